The van der Waals surface area contributed by atoms with E-state index in [1.54, 1.807) is 0 Å². The normalized spacial score (nSPS) is 11.4. The van der Waals surface area contributed by atoms with Crippen LogP contribution < -0.4 is 0 Å². The van der Waals surface area contributed by atoms with Crippen molar-refractivity contribution in [2.45, 2.75) is 118 Å². The molecule has 0 aliphatic heterocycles. The summed E-state index contributed by atoms with van der Waals surface area (Å²) in [5.74, 6) is -0.920. The summed E-state index contributed by atoms with van der Waals surface area (Å²) in [6.07, 6.45) is 14.5. The molecular weight excluding hydrogens is 400 g/mol. The van der Waals surface area contributed by atoms with Gasteiger partial charge < -0.3 is 9.47 Å². The second kappa shape index (κ2) is 16.7. The summed E-state index contributed by atoms with van der Waals surface area (Å²) >= 11 is 0. The summed E-state index contributed by atoms with van der Waals surface area (Å²) in [4.78, 5) is 25.6. The number of aryl methyl sites for hydroxylation is 1. The Bertz CT molecular complexity index is 649. The molecule has 1 rings (SSSR count). The Kier molecular flexibility index (Phi) is 14.8. The van der Waals surface area contributed by atoms with Crippen molar-refractivity contribution in [3.63, 3.8) is 0 Å². The van der Waals surface area contributed by atoms with Gasteiger partial charge in [0, 0.05) is 0 Å². The van der Waals surface area contributed by atoms with E-state index >= 15 is 0 Å². The second-order valence-electron chi connectivity index (χ2n) is 9.03. The van der Waals surface area contributed by atoms with E-state index in [0.717, 1.165) is 24.0 Å². The molecule has 0 saturated heterocycles. The number of ether oxygens (including phenoxy) is 2. The molecule has 0 aliphatic carbocycles. The first-order valence-electron chi connectivity index (χ1n) is 12.9. The lowest BCUT2D eigenvalue weighted by atomic mass is 9.82. The van der Waals surface area contributed by atoms with E-state index in [1.807, 2.05) is 45.0 Å². The van der Waals surface area contributed by atoms with E-state index in [1.165, 1.54) is 57.8 Å². The number of benzene rings is 1. The summed E-state index contributed by atoms with van der Waals surface area (Å²) in [5.41, 5.74) is 0.831. The molecule has 32 heavy (non-hydrogen) atoms. The zero-order chi connectivity index (χ0) is 23.7. The van der Waals surface area contributed by atoms with E-state index in [2.05, 4.69) is 6.92 Å². The van der Waals surface area contributed by atoms with Gasteiger partial charge in [-0.15, -0.1) is 0 Å². The zero-order valence-electron chi connectivity index (χ0n) is 21.0. The van der Waals surface area contributed by atoms with E-state index in [-0.39, 0.29) is 6.61 Å². The monoisotopic (exact) mass is 446 g/mol. The molecule has 1 aromatic rings. The van der Waals surface area contributed by atoms with Crippen molar-refractivity contribution in [2.24, 2.45) is 5.41 Å². The fourth-order valence-electron chi connectivity index (χ4n) is 4.07. The number of hydrogen-bond donors (Lipinski definition) is 0. The second-order valence-corrected chi connectivity index (χ2v) is 9.03. The van der Waals surface area contributed by atoms with E-state index in [0.29, 0.717) is 19.4 Å². The highest BCUT2D eigenvalue weighted by molar-refractivity contribution is 5.99. The zero-order valence-corrected chi connectivity index (χ0v) is 21.0. The molecule has 0 atom stereocenters. The molecule has 0 amide bonds. The maximum Gasteiger partial charge on any atom is 0.323 e. The van der Waals surface area contributed by atoms with Crippen molar-refractivity contribution in [1.82, 2.24) is 0 Å². The van der Waals surface area contributed by atoms with E-state index in [4.69, 9.17) is 9.47 Å². The van der Waals surface area contributed by atoms with Crippen LogP contribution >= 0.6 is 0 Å². The van der Waals surface area contributed by atoms with E-state index in [9.17, 15) is 9.59 Å². The number of carbonyl (C=O) groups is 2. The van der Waals surface area contributed by atoms with Gasteiger partial charge in [0.2, 0.25) is 0 Å². The van der Waals surface area contributed by atoms with Gasteiger partial charge in [-0.05, 0) is 31.7 Å². The number of rotatable bonds is 18. The van der Waals surface area contributed by atoms with Crippen LogP contribution in [0.1, 0.15) is 115 Å². The van der Waals surface area contributed by atoms with Gasteiger partial charge in [-0.3, -0.25) is 9.59 Å². The van der Waals surface area contributed by atoms with Gasteiger partial charge in [-0.2, -0.15) is 0 Å². The van der Waals surface area contributed by atoms with Gasteiger partial charge >= 0.3 is 11.9 Å². The van der Waals surface area contributed by atoms with Crippen molar-refractivity contribution in [3.8, 4) is 0 Å². The Morgan fingerprint density at radius 2 is 1.28 bits per heavy atom. The fourth-order valence-corrected chi connectivity index (χ4v) is 4.07. The molecule has 0 N–H and O–H groups in total. The maximum absolute atomic E-state index is 12.8. The summed E-state index contributed by atoms with van der Waals surface area (Å²) in [5, 5.41) is 0. The average molecular weight is 447 g/mol. The predicted octanol–water partition coefficient (Wildman–Crippen LogP) is 7.70. The van der Waals surface area contributed by atoms with Gasteiger partial charge in [0.15, 0.2) is 5.41 Å². The number of carbonyl (C=O) groups excluding carboxylic acids is 2. The van der Waals surface area contributed by atoms with Gasteiger partial charge in [-0.25, -0.2) is 0 Å². The van der Waals surface area contributed by atoms with Crippen LogP contribution in [0.2, 0.25) is 0 Å². The minimum Gasteiger partial charge on any atom is -0.465 e. The molecule has 0 aliphatic rings. The van der Waals surface area contributed by atoms with Crippen LogP contribution in [0.15, 0.2) is 24.3 Å². The van der Waals surface area contributed by atoms with Crippen molar-refractivity contribution < 1.29 is 19.1 Å². The Morgan fingerprint density at radius 3 is 1.81 bits per heavy atom. The molecule has 0 saturated carbocycles. The molecule has 0 heterocycles. The minimum absolute atomic E-state index is 0.175. The van der Waals surface area contributed by atoms with Crippen LogP contribution in [0.5, 0.6) is 0 Å². The quantitative estimate of drug-likeness (QED) is 0.132. The molecule has 1 aromatic carbocycles. The molecular formula is C28H46O4. The van der Waals surface area contributed by atoms with Crippen LogP contribution in [0.3, 0.4) is 0 Å². The predicted molar refractivity (Wildman–Crippen MR) is 131 cm³/mol. The molecule has 0 bridgehead atoms. The highest BCUT2D eigenvalue weighted by Gasteiger charge is 2.45. The molecule has 4 heteroatoms. The molecule has 0 spiro atoms. The van der Waals surface area contributed by atoms with Crippen LogP contribution in [0, 0.1) is 12.3 Å². The van der Waals surface area contributed by atoms with Crippen LogP contribution in [0.4, 0.5) is 0 Å². The van der Waals surface area contributed by atoms with Gasteiger partial charge in [-0.1, -0.05) is 115 Å². The van der Waals surface area contributed by atoms with Crippen molar-refractivity contribution in [2.75, 3.05) is 6.61 Å². The summed E-state index contributed by atoms with van der Waals surface area (Å²) in [6.45, 7) is 8.50. The van der Waals surface area contributed by atoms with Crippen molar-refractivity contribution >= 4 is 11.9 Å². The minimum atomic E-state index is -1.21. The van der Waals surface area contributed by atoms with Crippen LogP contribution in [0.25, 0.3) is 0 Å². The summed E-state index contributed by atoms with van der Waals surface area (Å²) in [6, 6.07) is 7.84. The number of unbranched alkanes of at least 4 members (excludes halogenated alkanes) is 10. The SMILES string of the molecule is CCCCCCCCCCCCCOC(=O)C(CC)(CC)C(=O)OCc1cccc(C)c1. The largest absolute Gasteiger partial charge is 0.465 e. The lowest BCUT2D eigenvalue weighted by Gasteiger charge is -2.27. The molecule has 0 unspecified atom stereocenters. The Morgan fingerprint density at radius 1 is 0.750 bits per heavy atom. The highest BCUT2D eigenvalue weighted by atomic mass is 16.6. The van der Waals surface area contributed by atoms with Crippen molar-refractivity contribution in [3.05, 3.63) is 35.4 Å². The molecule has 0 radical (unpaired) electrons. The summed E-state index contributed by atoms with van der Waals surface area (Å²) in [7, 11) is 0. The highest BCUT2D eigenvalue weighted by Crippen LogP contribution is 2.30. The first-order chi connectivity index (χ1) is 15.5. The molecule has 0 fully saturated rings. The first-order valence-corrected chi connectivity index (χ1v) is 12.9. The average Bonchev–Trinajstić information content (AvgIpc) is 2.79. The van der Waals surface area contributed by atoms with Gasteiger partial charge in [0.1, 0.15) is 6.61 Å². The Hall–Kier alpha value is -1.84. The first kappa shape index (κ1) is 28.2. The lowest BCUT2D eigenvalue weighted by molar-refractivity contribution is -0.174. The third-order valence-corrected chi connectivity index (χ3v) is 6.42. The van der Waals surface area contributed by atoms with Gasteiger partial charge in [0.05, 0.1) is 6.61 Å². The fraction of sp³-hybridized carbons (Fsp3) is 0.714. The molecule has 0 aromatic heterocycles. The Labute approximate surface area is 196 Å². The lowest BCUT2D eigenvalue weighted by Crippen LogP contribution is -2.41. The van der Waals surface area contributed by atoms with Crippen molar-refractivity contribution in [1.29, 1.82) is 0 Å². The molecule has 182 valence electrons. The maximum atomic E-state index is 12.8. The Balaban J connectivity index is 2.29. The number of esters is 2. The van der Waals surface area contributed by atoms with Gasteiger partial charge in [0.25, 0.3) is 0 Å². The number of hydrogen-bond acceptors (Lipinski definition) is 4. The molecule has 4 nitrogen and oxygen atoms in total. The third kappa shape index (κ3) is 10.2. The van der Waals surface area contributed by atoms with E-state index < -0.39 is 17.4 Å². The smallest absolute Gasteiger partial charge is 0.323 e. The standard InChI is InChI=1S/C28H46O4/c1-5-8-9-10-11-12-13-14-15-16-17-21-31-26(29)28(6-2,7-3)27(30)32-23-25-20-18-19-24(4)22-25/h18-20,22H,5-17,21,23H2,1-4H3. The third-order valence-electron chi connectivity index (χ3n) is 6.42. The summed E-state index contributed by atoms with van der Waals surface area (Å²) < 4.78 is 11.0. The topological polar surface area (TPSA) is 52.6 Å². The van der Waals surface area contributed by atoms with Crippen LogP contribution in [-0.4, -0.2) is 18.5 Å². The van der Waals surface area contributed by atoms with Crippen LogP contribution in [-0.2, 0) is 25.7 Å².